The van der Waals surface area contributed by atoms with E-state index in [0.717, 1.165) is 31.7 Å². The van der Waals surface area contributed by atoms with Gasteiger partial charge in [0.05, 0.1) is 5.60 Å². The molecule has 6 bridgehead atoms. The van der Waals surface area contributed by atoms with E-state index < -0.39 is 11.6 Å². The fourth-order valence-electron chi connectivity index (χ4n) is 10.4. The summed E-state index contributed by atoms with van der Waals surface area (Å²) in [7, 11) is 0. The van der Waals surface area contributed by atoms with Crippen molar-refractivity contribution in [1.82, 2.24) is 4.90 Å². The lowest BCUT2D eigenvalue weighted by atomic mass is 9.33. The number of carboxylic acid groups (broad SMARTS) is 1. The van der Waals surface area contributed by atoms with Gasteiger partial charge in [-0.1, -0.05) is 20.3 Å². The van der Waals surface area contributed by atoms with Gasteiger partial charge in [0.15, 0.2) is 0 Å². The van der Waals surface area contributed by atoms with Crippen LogP contribution in [0.15, 0.2) is 0 Å². The Bertz CT molecular complexity index is 695. The van der Waals surface area contributed by atoms with Gasteiger partial charge in [-0.2, -0.15) is 0 Å². The van der Waals surface area contributed by atoms with Crippen LogP contribution in [-0.4, -0.2) is 45.3 Å². The molecule has 3 saturated heterocycles. The summed E-state index contributed by atoms with van der Waals surface area (Å²) in [4.78, 5) is 14.4. The third kappa shape index (κ3) is 1.37. The molecule has 1 spiro atoms. The van der Waals surface area contributed by atoms with Gasteiger partial charge in [0.1, 0.15) is 0 Å². The van der Waals surface area contributed by atoms with Crippen molar-refractivity contribution in [2.75, 3.05) is 6.54 Å². The number of rotatable bonds is 3. The summed E-state index contributed by atoms with van der Waals surface area (Å²) in [5.74, 6) is 1.02. The van der Waals surface area contributed by atoms with Crippen LogP contribution in [0.1, 0.15) is 71.6 Å². The van der Waals surface area contributed by atoms with Gasteiger partial charge in [-0.05, 0) is 78.9 Å². The van der Waals surface area contributed by atoms with Crippen molar-refractivity contribution in [1.29, 1.82) is 0 Å². The molecule has 144 valence electrons. The Kier molecular flexibility index (Phi) is 2.84. The summed E-state index contributed by atoms with van der Waals surface area (Å²) in [6, 6.07) is 0.868. The fraction of sp³-hybridized carbons (Fsp3) is 0.955. The maximum absolute atomic E-state index is 11.9. The van der Waals surface area contributed by atoms with Crippen molar-refractivity contribution in [2.24, 2.45) is 34.0 Å². The van der Waals surface area contributed by atoms with Gasteiger partial charge in [0.25, 0.3) is 0 Å². The molecule has 4 heteroatoms. The van der Waals surface area contributed by atoms with Gasteiger partial charge in [-0.15, -0.1) is 0 Å². The average Bonchev–Trinajstić information content (AvgIpc) is 3.25. The normalized spacial score (nSPS) is 61.9. The van der Waals surface area contributed by atoms with Crippen molar-refractivity contribution in [2.45, 2.75) is 89.3 Å². The minimum absolute atomic E-state index is 0.00949. The van der Waals surface area contributed by atoms with Gasteiger partial charge < -0.3 is 10.2 Å². The van der Waals surface area contributed by atoms with Crippen molar-refractivity contribution >= 4 is 5.97 Å². The van der Waals surface area contributed by atoms with E-state index in [-0.39, 0.29) is 23.3 Å². The summed E-state index contributed by atoms with van der Waals surface area (Å²) in [6.07, 6.45) is 9.70. The zero-order chi connectivity index (χ0) is 18.1. The number of hydrogen-bond donors (Lipinski definition) is 2. The van der Waals surface area contributed by atoms with Crippen LogP contribution in [0.2, 0.25) is 0 Å². The van der Waals surface area contributed by atoms with E-state index in [4.69, 9.17) is 0 Å². The van der Waals surface area contributed by atoms with E-state index in [1.807, 2.05) is 0 Å². The molecule has 9 atom stereocenters. The molecule has 0 radical (unpaired) electrons. The summed E-state index contributed by atoms with van der Waals surface area (Å²) in [5.41, 5.74) is 0.0664. The summed E-state index contributed by atoms with van der Waals surface area (Å²) < 4.78 is 0. The van der Waals surface area contributed by atoms with E-state index >= 15 is 0 Å². The SMILES string of the molecule is C[C@@H]1CN2[C@H]3[C@@H]4CC[C@]35CCC[C@@H]5[C@]3(CCC(=O)O)[C@H]2[C@@]1(O)CC[C@]43C. The lowest BCUT2D eigenvalue weighted by molar-refractivity contribution is -0.308. The standard InChI is InChI=1S/C22H33NO3/c1-13-12-23-17-14-5-8-20(17)7-3-4-15(20)21(9-6-16(24)25)18(23)22(13,26)11-10-19(14,21)2/h13-15,17-18,26H,3-12H2,1-2H3,(H,24,25)/t13-,14+,15+,17+,18+,19-,20+,21-,22-/m1/s1. The van der Waals surface area contributed by atoms with Gasteiger partial charge in [-0.25, -0.2) is 0 Å². The lowest BCUT2D eigenvalue weighted by Gasteiger charge is -2.77. The van der Waals surface area contributed by atoms with Gasteiger partial charge in [-0.3, -0.25) is 9.69 Å². The third-order valence-corrected chi connectivity index (χ3v) is 11.0. The van der Waals surface area contributed by atoms with Crippen molar-refractivity contribution in [3.8, 4) is 0 Å². The first-order chi connectivity index (χ1) is 12.3. The van der Waals surface area contributed by atoms with E-state index in [9.17, 15) is 15.0 Å². The van der Waals surface area contributed by atoms with Crippen LogP contribution in [0, 0.1) is 34.0 Å². The molecular weight excluding hydrogens is 326 g/mol. The second-order valence-corrected chi connectivity index (χ2v) is 11.1. The number of aliphatic hydroxyl groups is 1. The largest absolute Gasteiger partial charge is 0.481 e. The molecule has 4 nitrogen and oxygen atoms in total. The average molecular weight is 360 g/mol. The number of aliphatic carboxylic acids is 1. The first-order valence-corrected chi connectivity index (χ1v) is 11.0. The van der Waals surface area contributed by atoms with E-state index in [0.29, 0.717) is 23.3 Å². The number of nitrogens with zero attached hydrogens (tertiary/aromatic N) is 1. The Morgan fingerprint density at radius 3 is 2.77 bits per heavy atom. The highest BCUT2D eigenvalue weighted by molar-refractivity contribution is 5.67. The maximum atomic E-state index is 11.9. The highest BCUT2D eigenvalue weighted by atomic mass is 16.4. The van der Waals surface area contributed by atoms with Gasteiger partial charge in [0, 0.05) is 25.0 Å². The van der Waals surface area contributed by atoms with Crippen LogP contribution in [0.4, 0.5) is 0 Å². The van der Waals surface area contributed by atoms with Crippen LogP contribution in [0.3, 0.4) is 0 Å². The molecule has 0 aromatic carbocycles. The van der Waals surface area contributed by atoms with E-state index in [2.05, 4.69) is 18.7 Å². The van der Waals surface area contributed by atoms with Gasteiger partial charge >= 0.3 is 5.97 Å². The zero-order valence-corrected chi connectivity index (χ0v) is 16.2. The molecule has 3 heterocycles. The first-order valence-electron chi connectivity index (χ1n) is 11.0. The van der Waals surface area contributed by atoms with Crippen LogP contribution in [0.5, 0.6) is 0 Å². The molecule has 0 amide bonds. The number of carboxylic acids is 1. The Balaban J connectivity index is 1.62. The van der Waals surface area contributed by atoms with Crippen LogP contribution in [-0.2, 0) is 4.79 Å². The molecule has 7 fully saturated rings. The van der Waals surface area contributed by atoms with Crippen molar-refractivity contribution in [3.05, 3.63) is 0 Å². The molecule has 7 aliphatic rings. The summed E-state index contributed by atoms with van der Waals surface area (Å²) >= 11 is 0. The van der Waals surface area contributed by atoms with Crippen LogP contribution in [0.25, 0.3) is 0 Å². The smallest absolute Gasteiger partial charge is 0.303 e. The van der Waals surface area contributed by atoms with E-state index in [1.165, 1.54) is 32.1 Å². The molecule has 2 N–H and O–H groups in total. The minimum atomic E-state index is -0.657. The second kappa shape index (κ2) is 4.51. The third-order valence-electron chi connectivity index (χ3n) is 11.0. The molecule has 4 saturated carbocycles. The van der Waals surface area contributed by atoms with Crippen molar-refractivity contribution < 1.29 is 15.0 Å². The Hall–Kier alpha value is -0.610. The van der Waals surface area contributed by atoms with Crippen LogP contribution >= 0.6 is 0 Å². The topological polar surface area (TPSA) is 60.8 Å². The number of carbonyl (C=O) groups is 1. The quantitative estimate of drug-likeness (QED) is 0.812. The highest BCUT2D eigenvalue weighted by Gasteiger charge is 2.85. The maximum Gasteiger partial charge on any atom is 0.303 e. The van der Waals surface area contributed by atoms with Crippen molar-refractivity contribution in [3.63, 3.8) is 0 Å². The zero-order valence-electron chi connectivity index (χ0n) is 16.2. The molecule has 7 rings (SSSR count). The number of hydrogen-bond acceptors (Lipinski definition) is 3. The first kappa shape index (κ1) is 16.4. The molecule has 0 unspecified atom stereocenters. The summed E-state index contributed by atoms with van der Waals surface area (Å²) in [6.45, 7) is 5.79. The fourth-order valence-corrected chi connectivity index (χ4v) is 10.4. The minimum Gasteiger partial charge on any atom is -0.481 e. The monoisotopic (exact) mass is 359 g/mol. The Labute approximate surface area is 156 Å². The van der Waals surface area contributed by atoms with E-state index in [1.54, 1.807) is 0 Å². The lowest BCUT2D eigenvalue weighted by Crippen LogP contribution is -2.81. The van der Waals surface area contributed by atoms with Gasteiger partial charge in [0.2, 0.25) is 0 Å². The molecule has 4 aliphatic carbocycles. The second-order valence-electron chi connectivity index (χ2n) is 11.1. The molecule has 3 aliphatic heterocycles. The Morgan fingerprint density at radius 2 is 2.00 bits per heavy atom. The number of piperidine rings is 2. The predicted molar refractivity (Wildman–Crippen MR) is 97.5 cm³/mol. The molecular formula is C22H33NO3. The predicted octanol–water partition coefficient (Wildman–Crippen LogP) is 3.28. The molecule has 0 aromatic heterocycles. The summed E-state index contributed by atoms with van der Waals surface area (Å²) in [5, 5.41) is 21.5. The van der Waals surface area contributed by atoms with Crippen LogP contribution < -0.4 is 0 Å². The molecule has 26 heavy (non-hydrogen) atoms. The molecule has 0 aromatic rings. The Morgan fingerprint density at radius 1 is 1.19 bits per heavy atom. The highest BCUT2D eigenvalue weighted by Crippen LogP contribution is 2.84.